The summed E-state index contributed by atoms with van der Waals surface area (Å²) in [6.45, 7) is 3.02. The first kappa shape index (κ1) is 20.6. The van der Waals surface area contributed by atoms with Crippen LogP contribution in [0.3, 0.4) is 0 Å². The monoisotopic (exact) mass is 433 g/mol. The predicted molar refractivity (Wildman–Crippen MR) is 120 cm³/mol. The minimum Gasteiger partial charge on any atom is -0.481 e. The van der Waals surface area contributed by atoms with Gasteiger partial charge >= 0.3 is 5.97 Å². The molecule has 4 aromatic rings. The zero-order valence-corrected chi connectivity index (χ0v) is 17.8. The van der Waals surface area contributed by atoms with E-state index < -0.39 is 11.9 Å². The zero-order valence-electron chi connectivity index (χ0n) is 17.8. The normalized spacial score (nSPS) is 15.9. The molecular weight excluding hydrogens is 409 g/mol. The van der Waals surface area contributed by atoms with Crippen LogP contribution in [0.25, 0.3) is 32.8 Å². The van der Waals surface area contributed by atoms with Crippen molar-refractivity contribution in [2.45, 2.75) is 32.1 Å². The van der Waals surface area contributed by atoms with Gasteiger partial charge in [-0.05, 0) is 48.1 Å². The van der Waals surface area contributed by atoms with Crippen molar-refractivity contribution in [1.29, 1.82) is 0 Å². The van der Waals surface area contributed by atoms with Crippen LogP contribution in [-0.4, -0.2) is 39.5 Å². The standard InChI is InChI=1S/C25H24FN3O3/c1-14(25(30)31)10-22-19-12-21-17(13-27-29-21)11-20(19)23(15-2-4-18(26)5-3-15)24(28-22)16-6-8-32-9-7-16/h2-5,11-14,16H,6-10H2,1H3,(H,27,29)(H,30,31). The van der Waals surface area contributed by atoms with Crippen molar-refractivity contribution in [2.75, 3.05) is 13.2 Å². The maximum Gasteiger partial charge on any atom is 0.306 e. The Morgan fingerprint density at radius 2 is 1.97 bits per heavy atom. The van der Waals surface area contributed by atoms with Gasteiger partial charge in [0.05, 0.1) is 23.3 Å². The second-order valence-electron chi connectivity index (χ2n) is 8.51. The fourth-order valence-electron chi connectivity index (χ4n) is 4.56. The van der Waals surface area contributed by atoms with E-state index >= 15 is 0 Å². The molecule has 0 radical (unpaired) electrons. The number of nitrogens with one attached hydrogen (secondary N) is 1. The molecule has 0 bridgehead atoms. The van der Waals surface area contributed by atoms with Crippen molar-refractivity contribution in [1.82, 2.24) is 15.2 Å². The van der Waals surface area contributed by atoms with Crippen molar-refractivity contribution in [3.63, 3.8) is 0 Å². The Balaban J connectivity index is 1.82. The third kappa shape index (κ3) is 3.73. The highest BCUT2D eigenvalue weighted by Gasteiger charge is 2.26. The first-order valence-corrected chi connectivity index (χ1v) is 10.9. The Morgan fingerprint density at radius 1 is 1.22 bits per heavy atom. The van der Waals surface area contributed by atoms with Gasteiger partial charge in [0.1, 0.15) is 5.82 Å². The van der Waals surface area contributed by atoms with Gasteiger partial charge in [0.2, 0.25) is 0 Å². The van der Waals surface area contributed by atoms with E-state index in [2.05, 4.69) is 16.3 Å². The van der Waals surface area contributed by atoms with E-state index in [9.17, 15) is 14.3 Å². The molecule has 1 saturated heterocycles. The van der Waals surface area contributed by atoms with Crippen molar-refractivity contribution in [2.24, 2.45) is 5.92 Å². The number of hydrogen-bond donors (Lipinski definition) is 2. The number of aromatic amines is 1. The van der Waals surface area contributed by atoms with Gasteiger partial charge in [-0.3, -0.25) is 14.9 Å². The van der Waals surface area contributed by atoms with Crippen LogP contribution in [0.5, 0.6) is 0 Å². The molecule has 1 atom stereocenters. The van der Waals surface area contributed by atoms with Gasteiger partial charge in [-0.1, -0.05) is 19.1 Å². The number of halogens is 1. The Labute approximate surface area is 184 Å². The molecule has 0 aliphatic carbocycles. The lowest BCUT2D eigenvalue weighted by molar-refractivity contribution is -0.141. The molecule has 2 aromatic heterocycles. The van der Waals surface area contributed by atoms with Crippen LogP contribution in [0.15, 0.2) is 42.6 Å². The molecule has 1 aliphatic rings. The number of aliphatic carboxylic acids is 1. The van der Waals surface area contributed by atoms with Crippen molar-refractivity contribution < 1.29 is 19.0 Å². The summed E-state index contributed by atoms with van der Waals surface area (Å²) in [5.41, 5.74) is 4.43. The summed E-state index contributed by atoms with van der Waals surface area (Å²) < 4.78 is 19.3. The summed E-state index contributed by atoms with van der Waals surface area (Å²) >= 11 is 0. The second kappa shape index (κ2) is 8.31. The molecular formula is C25H24FN3O3. The van der Waals surface area contributed by atoms with Crippen LogP contribution in [0.4, 0.5) is 4.39 Å². The number of ether oxygens (including phenoxy) is 1. The molecule has 3 heterocycles. The van der Waals surface area contributed by atoms with Gasteiger partial charge in [-0.15, -0.1) is 0 Å². The summed E-state index contributed by atoms with van der Waals surface area (Å²) in [7, 11) is 0. The lowest BCUT2D eigenvalue weighted by Gasteiger charge is -2.26. The summed E-state index contributed by atoms with van der Waals surface area (Å²) in [6.07, 6.45) is 3.78. The highest BCUT2D eigenvalue weighted by atomic mass is 19.1. The summed E-state index contributed by atoms with van der Waals surface area (Å²) in [5.74, 6) is -1.52. The number of nitrogens with zero attached hydrogens (tertiary/aromatic N) is 2. The molecule has 2 N–H and O–H groups in total. The highest BCUT2D eigenvalue weighted by molar-refractivity contribution is 6.05. The molecule has 0 spiro atoms. The minimum atomic E-state index is -0.849. The Bertz CT molecular complexity index is 1290. The Hall–Kier alpha value is -3.32. The molecule has 32 heavy (non-hydrogen) atoms. The average molecular weight is 433 g/mol. The summed E-state index contributed by atoms with van der Waals surface area (Å²) in [6, 6.07) is 10.6. The van der Waals surface area contributed by atoms with Crippen LogP contribution >= 0.6 is 0 Å². The predicted octanol–water partition coefficient (Wildman–Crippen LogP) is 5.07. The number of H-pyrrole nitrogens is 1. The van der Waals surface area contributed by atoms with Crippen LogP contribution in [-0.2, 0) is 16.0 Å². The average Bonchev–Trinajstić information content (AvgIpc) is 3.26. The van der Waals surface area contributed by atoms with Crippen LogP contribution in [0, 0.1) is 11.7 Å². The molecule has 1 fully saturated rings. The molecule has 7 heteroatoms. The minimum absolute atomic E-state index is 0.187. The summed E-state index contributed by atoms with van der Waals surface area (Å²) in [5, 5.41) is 19.5. The first-order chi connectivity index (χ1) is 15.5. The second-order valence-corrected chi connectivity index (χ2v) is 8.51. The maximum atomic E-state index is 13.7. The van der Waals surface area contributed by atoms with Gasteiger partial charge in [0.15, 0.2) is 0 Å². The topological polar surface area (TPSA) is 88.1 Å². The highest BCUT2D eigenvalue weighted by Crippen LogP contribution is 2.41. The van der Waals surface area contributed by atoms with Gasteiger partial charge in [0, 0.05) is 47.6 Å². The molecule has 2 aromatic carbocycles. The van der Waals surface area contributed by atoms with Gasteiger partial charge in [-0.2, -0.15) is 5.10 Å². The maximum absolute atomic E-state index is 13.7. The number of carbonyl (C=O) groups is 1. The quantitative estimate of drug-likeness (QED) is 0.459. The number of fused-ring (bicyclic) bond motifs is 2. The molecule has 5 rings (SSSR count). The Kier molecular flexibility index (Phi) is 5.35. The number of rotatable bonds is 5. The fraction of sp³-hybridized carbons (Fsp3) is 0.320. The van der Waals surface area contributed by atoms with E-state index in [1.54, 1.807) is 25.3 Å². The largest absolute Gasteiger partial charge is 0.481 e. The molecule has 164 valence electrons. The van der Waals surface area contributed by atoms with Gasteiger partial charge in [-0.25, -0.2) is 4.39 Å². The first-order valence-electron chi connectivity index (χ1n) is 10.9. The number of hydrogen-bond acceptors (Lipinski definition) is 4. The van der Waals surface area contributed by atoms with Gasteiger partial charge < -0.3 is 9.84 Å². The van der Waals surface area contributed by atoms with E-state index in [0.29, 0.717) is 19.6 Å². The van der Waals surface area contributed by atoms with Crippen molar-refractivity contribution >= 4 is 27.6 Å². The summed E-state index contributed by atoms with van der Waals surface area (Å²) in [4.78, 5) is 16.7. The Morgan fingerprint density at radius 3 is 2.69 bits per heavy atom. The van der Waals surface area contributed by atoms with Crippen molar-refractivity contribution in [3.8, 4) is 11.1 Å². The van der Waals surface area contributed by atoms with E-state index in [4.69, 9.17) is 9.72 Å². The van der Waals surface area contributed by atoms with Crippen LogP contribution < -0.4 is 0 Å². The number of benzene rings is 2. The molecule has 0 amide bonds. The van der Waals surface area contributed by atoms with Gasteiger partial charge in [0.25, 0.3) is 0 Å². The smallest absolute Gasteiger partial charge is 0.306 e. The molecule has 1 aliphatic heterocycles. The fourth-order valence-corrected chi connectivity index (χ4v) is 4.56. The van der Waals surface area contributed by atoms with E-state index in [-0.39, 0.29) is 11.7 Å². The third-order valence-electron chi connectivity index (χ3n) is 6.33. The number of aromatic nitrogens is 3. The van der Waals surface area contributed by atoms with Crippen LogP contribution in [0.2, 0.25) is 0 Å². The number of pyridine rings is 1. The van der Waals surface area contributed by atoms with E-state index in [1.165, 1.54) is 12.1 Å². The molecule has 0 saturated carbocycles. The van der Waals surface area contributed by atoms with Crippen LogP contribution in [0.1, 0.15) is 37.1 Å². The van der Waals surface area contributed by atoms with Crippen molar-refractivity contribution in [3.05, 3.63) is 59.8 Å². The molecule has 1 unspecified atom stereocenters. The number of carboxylic acid groups (broad SMARTS) is 1. The third-order valence-corrected chi connectivity index (χ3v) is 6.33. The molecule has 6 nitrogen and oxygen atoms in total. The van der Waals surface area contributed by atoms with E-state index in [0.717, 1.165) is 57.0 Å². The SMILES string of the molecule is CC(Cc1nc(C2CCOCC2)c(-c2ccc(F)cc2)c2cc3cn[nH]c3cc12)C(=O)O. The van der Waals surface area contributed by atoms with E-state index in [1.807, 2.05) is 6.07 Å². The number of carboxylic acids is 1. The zero-order chi connectivity index (χ0) is 22.2. The lowest BCUT2D eigenvalue weighted by Crippen LogP contribution is -2.18. The lowest BCUT2D eigenvalue weighted by atomic mass is 9.85.